The zero-order valence-corrected chi connectivity index (χ0v) is 18.5. The average molecular weight is 413 g/mol. The minimum absolute atomic E-state index is 1.28. The molecule has 0 spiro atoms. The SMILES string of the molecule is CC1=C(C)SC(=Cc2ccc3cc(C=C4SC(C)=C(C)S4)ccc3c2)S1. The second-order valence-electron chi connectivity index (χ2n) is 6.43. The number of rotatable bonds is 2. The Morgan fingerprint density at radius 3 is 1.23 bits per heavy atom. The minimum Gasteiger partial charge on any atom is -0.0866 e. The molecule has 0 nitrogen and oxygen atoms in total. The Bertz CT molecular complexity index is 906. The lowest BCUT2D eigenvalue weighted by molar-refractivity contribution is 1.57. The van der Waals surface area contributed by atoms with Crippen LogP contribution in [0.4, 0.5) is 0 Å². The highest BCUT2D eigenvalue weighted by Gasteiger charge is 2.15. The van der Waals surface area contributed by atoms with Gasteiger partial charge in [0.05, 0.1) is 0 Å². The van der Waals surface area contributed by atoms with Gasteiger partial charge in [-0.3, -0.25) is 0 Å². The number of hydrogen-bond acceptors (Lipinski definition) is 4. The van der Waals surface area contributed by atoms with Crippen molar-refractivity contribution in [1.29, 1.82) is 0 Å². The molecule has 0 atom stereocenters. The number of hydrogen-bond donors (Lipinski definition) is 0. The van der Waals surface area contributed by atoms with E-state index in [4.69, 9.17) is 0 Å². The van der Waals surface area contributed by atoms with Crippen LogP contribution in [0.15, 0.2) is 64.5 Å². The Hall–Kier alpha value is -0.940. The zero-order chi connectivity index (χ0) is 18.3. The number of allylic oxidation sites excluding steroid dienone is 4. The maximum Gasteiger partial charge on any atom is 0.0498 e. The summed E-state index contributed by atoms with van der Waals surface area (Å²) in [6, 6.07) is 13.5. The lowest BCUT2D eigenvalue weighted by Gasteiger charge is -2.04. The fraction of sp³-hybridized carbons (Fsp3) is 0.182. The van der Waals surface area contributed by atoms with Gasteiger partial charge in [0.1, 0.15) is 0 Å². The molecule has 4 rings (SSSR count). The van der Waals surface area contributed by atoms with Gasteiger partial charge in [-0.05, 0) is 93.5 Å². The van der Waals surface area contributed by atoms with E-state index in [9.17, 15) is 0 Å². The first-order chi connectivity index (χ1) is 12.5. The van der Waals surface area contributed by atoms with Gasteiger partial charge in [0, 0.05) is 8.47 Å². The highest BCUT2D eigenvalue weighted by atomic mass is 32.2. The predicted octanol–water partition coefficient (Wildman–Crippen LogP) is 8.90. The highest BCUT2D eigenvalue weighted by molar-refractivity contribution is 8.29. The van der Waals surface area contributed by atoms with Gasteiger partial charge in [-0.2, -0.15) is 0 Å². The molecule has 0 amide bonds. The summed E-state index contributed by atoms with van der Waals surface area (Å²) in [6.07, 6.45) is 4.60. The third-order valence-corrected chi connectivity index (χ3v) is 9.45. The lowest BCUT2D eigenvalue weighted by atomic mass is 10.0. The molecule has 0 fully saturated rings. The monoisotopic (exact) mass is 412 g/mol. The molecule has 0 unspecified atom stereocenters. The average Bonchev–Trinajstić information content (AvgIpc) is 3.08. The Labute approximate surface area is 172 Å². The second kappa shape index (κ2) is 7.59. The first-order valence-corrected chi connectivity index (χ1v) is 11.8. The van der Waals surface area contributed by atoms with Crippen LogP contribution in [-0.2, 0) is 0 Å². The van der Waals surface area contributed by atoms with Crippen molar-refractivity contribution in [3.05, 3.63) is 75.6 Å². The second-order valence-corrected chi connectivity index (χ2v) is 12.0. The van der Waals surface area contributed by atoms with Crippen LogP contribution in [0.2, 0.25) is 0 Å². The third kappa shape index (κ3) is 3.99. The van der Waals surface area contributed by atoms with Crippen LogP contribution in [0.3, 0.4) is 0 Å². The molecule has 0 saturated carbocycles. The Morgan fingerprint density at radius 1 is 0.538 bits per heavy atom. The molecule has 0 aliphatic carbocycles. The third-order valence-electron chi connectivity index (χ3n) is 4.46. The van der Waals surface area contributed by atoms with Crippen LogP contribution in [0.5, 0.6) is 0 Å². The van der Waals surface area contributed by atoms with E-state index >= 15 is 0 Å². The minimum atomic E-state index is 1.28. The number of thioether (sulfide) groups is 4. The van der Waals surface area contributed by atoms with Crippen molar-refractivity contribution < 1.29 is 0 Å². The van der Waals surface area contributed by atoms with Crippen molar-refractivity contribution in [2.75, 3.05) is 0 Å². The standard InChI is InChI=1S/C22H20S4/c1-13-14(2)24-21(23-13)11-17-5-7-20-10-18(6-8-19(20)9-17)12-22-25-15(3)16(4)26-22/h5-12H,1-4H3. The molecule has 2 aliphatic heterocycles. The molecule has 2 aromatic rings. The van der Waals surface area contributed by atoms with Crippen molar-refractivity contribution >= 4 is 70.0 Å². The number of benzene rings is 2. The molecule has 132 valence electrons. The van der Waals surface area contributed by atoms with E-state index in [1.165, 1.54) is 50.0 Å². The first-order valence-electron chi connectivity index (χ1n) is 8.51. The molecule has 0 saturated heterocycles. The smallest absolute Gasteiger partial charge is 0.0498 e. The van der Waals surface area contributed by atoms with E-state index in [0.717, 1.165) is 0 Å². The Morgan fingerprint density at radius 2 is 0.885 bits per heavy atom. The van der Waals surface area contributed by atoms with E-state index in [1.54, 1.807) is 0 Å². The maximum atomic E-state index is 2.30. The summed E-state index contributed by atoms with van der Waals surface area (Å²) < 4.78 is 2.74. The fourth-order valence-electron chi connectivity index (χ4n) is 2.78. The van der Waals surface area contributed by atoms with E-state index in [-0.39, 0.29) is 0 Å². The number of fused-ring (bicyclic) bond motifs is 1. The highest BCUT2D eigenvalue weighted by Crippen LogP contribution is 2.50. The molecule has 0 aromatic heterocycles. The normalized spacial score (nSPS) is 17.7. The predicted molar refractivity (Wildman–Crippen MR) is 127 cm³/mol. The van der Waals surface area contributed by atoms with Crippen LogP contribution in [0.25, 0.3) is 22.9 Å². The quantitative estimate of drug-likeness (QED) is 0.482. The van der Waals surface area contributed by atoms with Crippen LogP contribution in [-0.4, -0.2) is 0 Å². The van der Waals surface area contributed by atoms with Gasteiger partial charge in [0.2, 0.25) is 0 Å². The summed E-state index contributed by atoms with van der Waals surface area (Å²) in [5.41, 5.74) is 2.55. The van der Waals surface area contributed by atoms with E-state index in [0.29, 0.717) is 0 Å². The molecule has 0 bridgehead atoms. The first kappa shape index (κ1) is 18.4. The van der Waals surface area contributed by atoms with Gasteiger partial charge in [-0.15, -0.1) is 0 Å². The summed E-state index contributed by atoms with van der Waals surface area (Å²) in [5, 5.41) is 2.60. The molecule has 2 aromatic carbocycles. The van der Waals surface area contributed by atoms with E-state index in [2.05, 4.69) is 76.2 Å². The van der Waals surface area contributed by atoms with Gasteiger partial charge in [0.15, 0.2) is 0 Å². The summed E-state index contributed by atoms with van der Waals surface area (Å²) in [5.74, 6) is 0. The van der Waals surface area contributed by atoms with Crippen LogP contribution < -0.4 is 0 Å². The molecule has 2 aliphatic rings. The largest absolute Gasteiger partial charge is 0.0866 e. The molecule has 26 heavy (non-hydrogen) atoms. The van der Waals surface area contributed by atoms with Gasteiger partial charge in [-0.1, -0.05) is 71.3 Å². The molecule has 0 N–H and O–H groups in total. The van der Waals surface area contributed by atoms with Gasteiger partial charge < -0.3 is 0 Å². The lowest BCUT2D eigenvalue weighted by Crippen LogP contribution is -1.79. The maximum absolute atomic E-state index is 2.30. The van der Waals surface area contributed by atoms with Gasteiger partial charge in [-0.25, -0.2) is 0 Å². The summed E-state index contributed by atoms with van der Waals surface area (Å²) in [7, 11) is 0. The van der Waals surface area contributed by atoms with E-state index < -0.39 is 0 Å². The van der Waals surface area contributed by atoms with Crippen LogP contribution in [0, 0.1) is 0 Å². The Kier molecular flexibility index (Phi) is 5.38. The molecule has 4 heteroatoms. The van der Waals surface area contributed by atoms with Crippen molar-refractivity contribution in [3.63, 3.8) is 0 Å². The summed E-state index contributed by atoms with van der Waals surface area (Å²) in [6.45, 7) is 8.79. The van der Waals surface area contributed by atoms with Crippen LogP contribution >= 0.6 is 47.0 Å². The zero-order valence-electron chi connectivity index (χ0n) is 15.3. The van der Waals surface area contributed by atoms with Gasteiger partial charge in [0.25, 0.3) is 0 Å². The van der Waals surface area contributed by atoms with Crippen molar-refractivity contribution in [3.8, 4) is 0 Å². The van der Waals surface area contributed by atoms with Crippen molar-refractivity contribution in [1.82, 2.24) is 0 Å². The van der Waals surface area contributed by atoms with Gasteiger partial charge >= 0.3 is 0 Å². The Balaban J connectivity index is 1.58. The van der Waals surface area contributed by atoms with Crippen molar-refractivity contribution in [2.24, 2.45) is 0 Å². The fourth-order valence-corrected chi connectivity index (χ4v) is 7.68. The summed E-state index contributed by atoms with van der Waals surface area (Å²) in [4.78, 5) is 5.68. The summed E-state index contributed by atoms with van der Waals surface area (Å²) >= 11 is 7.53. The van der Waals surface area contributed by atoms with Crippen molar-refractivity contribution in [2.45, 2.75) is 27.7 Å². The topological polar surface area (TPSA) is 0 Å². The molecular formula is C22H20S4. The molecule has 2 heterocycles. The molecular weight excluding hydrogens is 393 g/mol. The molecule has 0 radical (unpaired) electrons. The van der Waals surface area contributed by atoms with Crippen LogP contribution in [0.1, 0.15) is 38.8 Å². The van der Waals surface area contributed by atoms with E-state index in [1.807, 2.05) is 47.0 Å².